The molecule has 19 heavy (non-hydrogen) atoms. The third-order valence-electron chi connectivity index (χ3n) is 4.22. The van der Waals surface area contributed by atoms with Crippen molar-refractivity contribution in [3.8, 4) is 0 Å². The fourth-order valence-corrected chi connectivity index (χ4v) is 3.50. The Kier molecular flexibility index (Phi) is 5.04. The quantitative estimate of drug-likeness (QED) is 0.907. The van der Waals surface area contributed by atoms with Gasteiger partial charge >= 0.3 is 0 Å². The van der Waals surface area contributed by atoms with E-state index in [1.54, 1.807) is 0 Å². The number of benzene rings is 1. The molecule has 0 aromatic heterocycles. The predicted molar refractivity (Wildman–Crippen MR) is 85.5 cm³/mol. The topological polar surface area (TPSA) is 15.3 Å². The molecule has 106 valence electrons. The molecule has 0 bridgehead atoms. The van der Waals surface area contributed by atoms with Gasteiger partial charge in [-0.25, -0.2) is 0 Å². The van der Waals surface area contributed by atoms with Crippen molar-refractivity contribution in [1.82, 2.24) is 10.2 Å². The SMILES string of the molecule is CNCC1CCN(C(C)C)C1c1ccc(Br)c(C)c1. The lowest BCUT2D eigenvalue weighted by atomic mass is 9.92. The van der Waals surface area contributed by atoms with E-state index in [1.165, 1.54) is 28.6 Å². The summed E-state index contributed by atoms with van der Waals surface area (Å²) in [6.45, 7) is 9.10. The van der Waals surface area contributed by atoms with E-state index in [9.17, 15) is 0 Å². The van der Waals surface area contributed by atoms with E-state index in [0.717, 1.165) is 6.54 Å². The highest BCUT2D eigenvalue weighted by molar-refractivity contribution is 9.10. The Morgan fingerprint density at radius 2 is 2.16 bits per heavy atom. The number of hydrogen-bond donors (Lipinski definition) is 1. The van der Waals surface area contributed by atoms with Crippen LogP contribution in [0.2, 0.25) is 0 Å². The van der Waals surface area contributed by atoms with E-state index in [2.05, 4.69) is 72.2 Å². The number of hydrogen-bond acceptors (Lipinski definition) is 2. The first-order valence-electron chi connectivity index (χ1n) is 7.21. The lowest BCUT2D eigenvalue weighted by molar-refractivity contribution is 0.182. The second kappa shape index (κ2) is 6.38. The van der Waals surface area contributed by atoms with Crippen molar-refractivity contribution in [2.45, 2.75) is 39.3 Å². The summed E-state index contributed by atoms with van der Waals surface area (Å²) in [6.07, 6.45) is 1.29. The van der Waals surface area contributed by atoms with Gasteiger partial charge in [0, 0.05) is 16.6 Å². The van der Waals surface area contributed by atoms with Crippen molar-refractivity contribution in [2.24, 2.45) is 5.92 Å². The molecule has 2 nitrogen and oxygen atoms in total. The maximum atomic E-state index is 3.60. The number of nitrogens with one attached hydrogen (secondary N) is 1. The number of rotatable bonds is 4. The van der Waals surface area contributed by atoms with Gasteiger partial charge in [-0.2, -0.15) is 0 Å². The predicted octanol–water partition coefficient (Wildman–Crippen LogP) is 3.75. The van der Waals surface area contributed by atoms with Crippen LogP contribution in [0, 0.1) is 12.8 Å². The number of likely N-dealkylation sites (tertiary alicyclic amines) is 1. The molecule has 1 fully saturated rings. The average molecular weight is 325 g/mol. The van der Waals surface area contributed by atoms with Crippen LogP contribution in [0.4, 0.5) is 0 Å². The van der Waals surface area contributed by atoms with Gasteiger partial charge in [0.1, 0.15) is 0 Å². The lowest BCUT2D eigenvalue weighted by Gasteiger charge is -2.32. The minimum Gasteiger partial charge on any atom is -0.319 e. The van der Waals surface area contributed by atoms with Crippen molar-refractivity contribution in [3.05, 3.63) is 33.8 Å². The lowest BCUT2D eigenvalue weighted by Crippen LogP contribution is -2.33. The Labute approximate surface area is 125 Å². The van der Waals surface area contributed by atoms with Crippen LogP contribution in [0.5, 0.6) is 0 Å². The molecule has 2 rings (SSSR count). The van der Waals surface area contributed by atoms with Gasteiger partial charge in [-0.05, 0) is 70.4 Å². The molecule has 1 saturated heterocycles. The largest absolute Gasteiger partial charge is 0.319 e. The molecule has 1 N–H and O–H groups in total. The first-order valence-corrected chi connectivity index (χ1v) is 8.00. The van der Waals surface area contributed by atoms with Crippen molar-refractivity contribution in [3.63, 3.8) is 0 Å². The van der Waals surface area contributed by atoms with Gasteiger partial charge in [0.2, 0.25) is 0 Å². The van der Waals surface area contributed by atoms with Crippen molar-refractivity contribution < 1.29 is 0 Å². The summed E-state index contributed by atoms with van der Waals surface area (Å²) in [7, 11) is 2.06. The first-order chi connectivity index (χ1) is 9.04. The zero-order chi connectivity index (χ0) is 14.0. The van der Waals surface area contributed by atoms with E-state index >= 15 is 0 Å². The molecule has 0 saturated carbocycles. The summed E-state index contributed by atoms with van der Waals surface area (Å²) in [5.41, 5.74) is 2.79. The van der Waals surface area contributed by atoms with E-state index in [4.69, 9.17) is 0 Å². The van der Waals surface area contributed by atoms with Gasteiger partial charge in [-0.15, -0.1) is 0 Å². The van der Waals surface area contributed by atoms with Gasteiger partial charge in [-0.1, -0.05) is 28.1 Å². The van der Waals surface area contributed by atoms with Crippen LogP contribution >= 0.6 is 15.9 Å². The molecule has 1 aliphatic heterocycles. The molecular formula is C16H25BrN2. The van der Waals surface area contributed by atoms with Crippen LogP contribution in [0.3, 0.4) is 0 Å². The maximum absolute atomic E-state index is 3.60. The monoisotopic (exact) mass is 324 g/mol. The smallest absolute Gasteiger partial charge is 0.0391 e. The number of nitrogens with zero attached hydrogens (tertiary/aromatic N) is 1. The van der Waals surface area contributed by atoms with E-state index in [0.29, 0.717) is 18.0 Å². The summed E-state index contributed by atoms with van der Waals surface area (Å²) in [4.78, 5) is 2.64. The highest BCUT2D eigenvalue weighted by atomic mass is 79.9. The van der Waals surface area contributed by atoms with Crippen LogP contribution in [-0.4, -0.2) is 31.1 Å². The molecule has 1 aliphatic rings. The molecule has 3 heteroatoms. The van der Waals surface area contributed by atoms with Crippen molar-refractivity contribution >= 4 is 15.9 Å². The molecule has 0 aliphatic carbocycles. The molecule has 1 aromatic rings. The molecule has 2 atom stereocenters. The van der Waals surface area contributed by atoms with E-state index in [1.807, 2.05) is 0 Å². The zero-order valence-corrected chi connectivity index (χ0v) is 14.0. The van der Waals surface area contributed by atoms with Crippen molar-refractivity contribution in [1.29, 1.82) is 0 Å². The van der Waals surface area contributed by atoms with Crippen LogP contribution in [0.15, 0.2) is 22.7 Å². The Hall–Kier alpha value is -0.380. The molecule has 2 unspecified atom stereocenters. The molecule has 1 aromatic carbocycles. The first kappa shape index (κ1) is 15.0. The molecule has 0 radical (unpaired) electrons. The summed E-state index contributed by atoms with van der Waals surface area (Å²) >= 11 is 3.60. The Bertz CT molecular complexity index is 431. The normalized spacial score (nSPS) is 24.3. The fourth-order valence-electron chi connectivity index (χ4n) is 3.25. The number of halogens is 1. The van der Waals surface area contributed by atoms with Gasteiger partial charge in [0.15, 0.2) is 0 Å². The van der Waals surface area contributed by atoms with Gasteiger partial charge in [-0.3, -0.25) is 4.90 Å². The zero-order valence-electron chi connectivity index (χ0n) is 12.4. The fraction of sp³-hybridized carbons (Fsp3) is 0.625. The summed E-state index contributed by atoms with van der Waals surface area (Å²) in [5.74, 6) is 0.716. The molecule has 0 spiro atoms. The summed E-state index contributed by atoms with van der Waals surface area (Å²) < 4.78 is 1.20. The van der Waals surface area contributed by atoms with Gasteiger partial charge < -0.3 is 5.32 Å². The Balaban J connectivity index is 2.31. The standard InChI is InChI=1S/C16H25BrN2/c1-11(2)19-8-7-14(10-18-4)16(19)13-5-6-15(17)12(3)9-13/h5-6,9,11,14,16,18H,7-8,10H2,1-4H3. The Morgan fingerprint density at radius 3 is 2.74 bits per heavy atom. The molecule has 1 heterocycles. The highest BCUT2D eigenvalue weighted by Crippen LogP contribution is 2.39. The minimum atomic E-state index is 0.555. The van der Waals surface area contributed by atoms with Gasteiger partial charge in [0.25, 0.3) is 0 Å². The summed E-state index contributed by atoms with van der Waals surface area (Å²) in [5, 5.41) is 3.36. The molecule has 0 amide bonds. The third-order valence-corrected chi connectivity index (χ3v) is 5.10. The second-order valence-corrected chi connectivity index (χ2v) is 6.75. The van der Waals surface area contributed by atoms with Gasteiger partial charge in [0.05, 0.1) is 0 Å². The van der Waals surface area contributed by atoms with E-state index in [-0.39, 0.29) is 0 Å². The van der Waals surface area contributed by atoms with Crippen LogP contribution < -0.4 is 5.32 Å². The van der Waals surface area contributed by atoms with Crippen LogP contribution in [-0.2, 0) is 0 Å². The molecular weight excluding hydrogens is 300 g/mol. The summed E-state index contributed by atoms with van der Waals surface area (Å²) in [6, 6.07) is 7.98. The second-order valence-electron chi connectivity index (χ2n) is 5.89. The van der Waals surface area contributed by atoms with Crippen molar-refractivity contribution in [2.75, 3.05) is 20.1 Å². The Morgan fingerprint density at radius 1 is 1.42 bits per heavy atom. The van der Waals surface area contributed by atoms with Crippen LogP contribution in [0.25, 0.3) is 0 Å². The average Bonchev–Trinajstić information content (AvgIpc) is 2.77. The number of aryl methyl sites for hydroxylation is 1. The third kappa shape index (κ3) is 3.21. The highest BCUT2D eigenvalue weighted by Gasteiger charge is 2.36. The maximum Gasteiger partial charge on any atom is 0.0391 e. The minimum absolute atomic E-state index is 0.555. The van der Waals surface area contributed by atoms with E-state index < -0.39 is 0 Å². The van der Waals surface area contributed by atoms with Crippen LogP contribution in [0.1, 0.15) is 37.4 Å².